The van der Waals surface area contributed by atoms with Crippen LogP contribution in [0, 0.1) is 0 Å². The molecule has 0 saturated heterocycles. The Hall–Kier alpha value is -1.61. The molecule has 0 aliphatic rings. The number of aromatic nitrogens is 2. The Morgan fingerprint density at radius 1 is 1.17 bits per heavy atom. The molecule has 3 nitrogen and oxygen atoms in total. The molecule has 0 unspecified atom stereocenters. The van der Waals surface area contributed by atoms with E-state index in [-0.39, 0.29) is 0 Å². The SMILES string of the molecule is CC(C)n1ccc(CNCCc2ccccc2)n1. The summed E-state index contributed by atoms with van der Waals surface area (Å²) in [6.07, 6.45) is 3.10. The maximum absolute atomic E-state index is 4.51. The average Bonchev–Trinajstić information content (AvgIpc) is 2.85. The smallest absolute Gasteiger partial charge is 0.0762 e. The van der Waals surface area contributed by atoms with Gasteiger partial charge in [0.15, 0.2) is 0 Å². The normalized spacial score (nSPS) is 11.1. The number of nitrogens with zero attached hydrogens (tertiary/aromatic N) is 2. The molecule has 2 aromatic rings. The van der Waals surface area contributed by atoms with Crippen LogP contribution in [0.5, 0.6) is 0 Å². The predicted molar refractivity (Wildman–Crippen MR) is 74.5 cm³/mol. The number of benzene rings is 1. The van der Waals surface area contributed by atoms with E-state index < -0.39 is 0 Å². The molecule has 0 aliphatic heterocycles. The molecule has 3 heteroatoms. The molecule has 0 spiro atoms. The number of hydrogen-bond donors (Lipinski definition) is 1. The second-order valence-electron chi connectivity index (χ2n) is 4.79. The third-order valence-corrected chi connectivity index (χ3v) is 2.93. The largest absolute Gasteiger partial charge is 0.311 e. The molecule has 0 atom stereocenters. The van der Waals surface area contributed by atoms with Gasteiger partial charge in [0.25, 0.3) is 0 Å². The van der Waals surface area contributed by atoms with E-state index in [9.17, 15) is 0 Å². The third-order valence-electron chi connectivity index (χ3n) is 2.93. The zero-order valence-electron chi connectivity index (χ0n) is 11.1. The highest BCUT2D eigenvalue weighted by atomic mass is 15.3. The van der Waals surface area contributed by atoms with Gasteiger partial charge >= 0.3 is 0 Å². The van der Waals surface area contributed by atoms with Crippen LogP contribution < -0.4 is 5.32 Å². The van der Waals surface area contributed by atoms with Crippen molar-refractivity contribution in [2.75, 3.05) is 6.54 Å². The molecule has 96 valence electrons. The first-order chi connectivity index (χ1) is 8.75. The lowest BCUT2D eigenvalue weighted by atomic mass is 10.1. The second-order valence-corrected chi connectivity index (χ2v) is 4.79. The van der Waals surface area contributed by atoms with Gasteiger partial charge in [-0.2, -0.15) is 5.10 Å². The van der Waals surface area contributed by atoms with Gasteiger partial charge in [0.05, 0.1) is 5.69 Å². The van der Waals surface area contributed by atoms with E-state index >= 15 is 0 Å². The highest BCUT2D eigenvalue weighted by Crippen LogP contribution is 2.04. The van der Waals surface area contributed by atoms with Gasteiger partial charge in [-0.25, -0.2) is 0 Å². The van der Waals surface area contributed by atoms with Gasteiger partial charge in [-0.3, -0.25) is 4.68 Å². The lowest BCUT2D eigenvalue weighted by molar-refractivity contribution is 0.521. The minimum absolute atomic E-state index is 0.433. The van der Waals surface area contributed by atoms with E-state index in [0.29, 0.717) is 6.04 Å². The van der Waals surface area contributed by atoms with E-state index in [1.165, 1.54) is 5.56 Å². The summed E-state index contributed by atoms with van der Waals surface area (Å²) >= 11 is 0. The number of rotatable bonds is 6. The molecule has 0 bridgehead atoms. The van der Waals surface area contributed by atoms with Crippen LogP contribution in [0.1, 0.15) is 31.1 Å². The standard InChI is InChI=1S/C15H21N3/c1-13(2)18-11-9-15(17-18)12-16-10-8-14-6-4-3-5-7-14/h3-7,9,11,13,16H,8,10,12H2,1-2H3. The van der Waals surface area contributed by atoms with Crippen LogP contribution in [0.3, 0.4) is 0 Å². The van der Waals surface area contributed by atoms with Crippen molar-refractivity contribution < 1.29 is 0 Å². The summed E-state index contributed by atoms with van der Waals surface area (Å²) in [5.74, 6) is 0. The quantitative estimate of drug-likeness (QED) is 0.791. The molecule has 0 fully saturated rings. The molecule has 1 aromatic carbocycles. The first-order valence-electron chi connectivity index (χ1n) is 6.54. The Morgan fingerprint density at radius 2 is 1.94 bits per heavy atom. The highest BCUT2D eigenvalue weighted by Gasteiger charge is 2.01. The van der Waals surface area contributed by atoms with Gasteiger partial charge < -0.3 is 5.32 Å². The van der Waals surface area contributed by atoms with Gasteiger partial charge in [-0.05, 0) is 38.4 Å². The average molecular weight is 243 g/mol. The first kappa shape index (κ1) is 12.8. The second kappa shape index (κ2) is 6.36. The molecular formula is C15H21N3. The van der Waals surface area contributed by atoms with Crippen molar-refractivity contribution in [3.8, 4) is 0 Å². The van der Waals surface area contributed by atoms with Gasteiger partial charge in [0, 0.05) is 18.8 Å². The molecule has 1 heterocycles. The summed E-state index contributed by atoms with van der Waals surface area (Å²) in [5.41, 5.74) is 2.48. The summed E-state index contributed by atoms with van der Waals surface area (Å²) in [5, 5.41) is 7.94. The fraction of sp³-hybridized carbons (Fsp3) is 0.400. The van der Waals surface area contributed by atoms with Crippen LogP contribution in [0.25, 0.3) is 0 Å². The van der Waals surface area contributed by atoms with Gasteiger partial charge in [-0.1, -0.05) is 30.3 Å². The van der Waals surface area contributed by atoms with Gasteiger partial charge in [0.1, 0.15) is 0 Å². The Morgan fingerprint density at radius 3 is 2.61 bits per heavy atom. The molecule has 0 saturated carbocycles. The fourth-order valence-corrected chi connectivity index (χ4v) is 1.85. The predicted octanol–water partition coefficient (Wildman–Crippen LogP) is 2.80. The topological polar surface area (TPSA) is 29.9 Å². The van der Waals surface area contributed by atoms with Crippen molar-refractivity contribution in [1.29, 1.82) is 0 Å². The van der Waals surface area contributed by atoms with Gasteiger partial charge in [-0.15, -0.1) is 0 Å². The van der Waals surface area contributed by atoms with Crippen LogP contribution >= 0.6 is 0 Å². The number of hydrogen-bond acceptors (Lipinski definition) is 2. The summed E-state index contributed by atoms with van der Waals surface area (Å²) < 4.78 is 1.99. The van der Waals surface area contributed by atoms with E-state index in [1.807, 2.05) is 10.9 Å². The Labute approximate surface area is 109 Å². The third kappa shape index (κ3) is 3.70. The summed E-state index contributed by atoms with van der Waals surface area (Å²) in [7, 11) is 0. The van der Waals surface area contributed by atoms with Crippen LogP contribution in [-0.4, -0.2) is 16.3 Å². The molecular weight excluding hydrogens is 222 g/mol. The van der Waals surface area contributed by atoms with Crippen molar-refractivity contribution in [3.05, 3.63) is 53.9 Å². The van der Waals surface area contributed by atoms with Crippen LogP contribution in [0.15, 0.2) is 42.6 Å². The zero-order valence-corrected chi connectivity index (χ0v) is 11.1. The van der Waals surface area contributed by atoms with E-state index in [0.717, 1.165) is 25.2 Å². The van der Waals surface area contributed by atoms with Crippen LogP contribution in [0.4, 0.5) is 0 Å². The lowest BCUT2D eigenvalue weighted by Gasteiger charge is -2.05. The fourth-order valence-electron chi connectivity index (χ4n) is 1.85. The van der Waals surface area contributed by atoms with Crippen LogP contribution in [0.2, 0.25) is 0 Å². The Bertz CT molecular complexity index is 460. The highest BCUT2D eigenvalue weighted by molar-refractivity contribution is 5.14. The Balaban J connectivity index is 1.72. The van der Waals surface area contributed by atoms with Crippen molar-refractivity contribution in [1.82, 2.24) is 15.1 Å². The molecule has 2 rings (SSSR count). The maximum atomic E-state index is 4.51. The molecule has 0 radical (unpaired) electrons. The summed E-state index contributed by atoms with van der Waals surface area (Å²) in [6, 6.07) is 13.1. The Kier molecular flexibility index (Phi) is 4.53. The minimum Gasteiger partial charge on any atom is -0.311 e. The zero-order chi connectivity index (χ0) is 12.8. The summed E-state index contributed by atoms with van der Waals surface area (Å²) in [4.78, 5) is 0. The van der Waals surface area contributed by atoms with Crippen LogP contribution in [-0.2, 0) is 13.0 Å². The molecule has 0 amide bonds. The lowest BCUT2D eigenvalue weighted by Crippen LogP contribution is -2.17. The van der Waals surface area contributed by atoms with E-state index in [4.69, 9.17) is 0 Å². The first-order valence-corrected chi connectivity index (χ1v) is 6.54. The van der Waals surface area contributed by atoms with Gasteiger partial charge in [0.2, 0.25) is 0 Å². The van der Waals surface area contributed by atoms with E-state index in [2.05, 4.69) is 60.7 Å². The summed E-state index contributed by atoms with van der Waals surface area (Å²) in [6.45, 7) is 6.10. The molecule has 1 N–H and O–H groups in total. The molecule has 0 aliphatic carbocycles. The maximum Gasteiger partial charge on any atom is 0.0762 e. The monoisotopic (exact) mass is 243 g/mol. The molecule has 1 aromatic heterocycles. The van der Waals surface area contributed by atoms with E-state index in [1.54, 1.807) is 0 Å². The minimum atomic E-state index is 0.433. The van der Waals surface area contributed by atoms with Crippen molar-refractivity contribution in [2.24, 2.45) is 0 Å². The molecule has 18 heavy (non-hydrogen) atoms. The van der Waals surface area contributed by atoms with Crippen molar-refractivity contribution >= 4 is 0 Å². The van der Waals surface area contributed by atoms with Crippen molar-refractivity contribution in [3.63, 3.8) is 0 Å². The number of nitrogens with one attached hydrogen (secondary N) is 1. The van der Waals surface area contributed by atoms with Crippen molar-refractivity contribution in [2.45, 2.75) is 32.9 Å².